The Morgan fingerprint density at radius 2 is 1.26 bits per heavy atom. The van der Waals surface area contributed by atoms with Gasteiger partial charge in [0.15, 0.2) is 17.3 Å². The van der Waals surface area contributed by atoms with E-state index in [1.54, 1.807) is 4.68 Å². The molecule has 0 spiro atoms. The fourth-order valence-corrected chi connectivity index (χ4v) is 5.33. The third kappa shape index (κ3) is 6.45. The van der Waals surface area contributed by atoms with Gasteiger partial charge in [-0.25, -0.2) is 9.67 Å². The highest BCUT2D eigenvalue weighted by Gasteiger charge is 2.20. The van der Waals surface area contributed by atoms with Crippen molar-refractivity contribution in [3.8, 4) is 51.2 Å². The second kappa shape index (κ2) is 13.7. The first-order valence-electron chi connectivity index (χ1n) is 15.2. The Labute approximate surface area is 277 Å². The fraction of sp³-hybridized carbons (Fsp3) is 0.235. The molecule has 12 heteroatoms. The molecule has 3 heterocycles. The lowest BCUT2D eigenvalue weighted by Gasteiger charge is -2.23. The molecule has 0 aliphatic rings. The zero-order valence-corrected chi connectivity index (χ0v) is 27.5. The fourth-order valence-electron chi connectivity index (χ4n) is 5.08. The van der Waals surface area contributed by atoms with E-state index in [-0.39, 0.29) is 0 Å². The quantitative estimate of drug-likeness (QED) is 0.137. The van der Waals surface area contributed by atoms with Gasteiger partial charge in [-0.15, -0.1) is 5.10 Å². The monoisotopic (exact) mass is 653 g/mol. The lowest BCUT2D eigenvalue weighted by Crippen LogP contribution is -2.28. The van der Waals surface area contributed by atoms with E-state index in [4.69, 9.17) is 47.6 Å². The van der Waals surface area contributed by atoms with Crippen LogP contribution in [0, 0.1) is 0 Å². The van der Waals surface area contributed by atoms with E-state index in [1.165, 1.54) is 0 Å². The zero-order valence-electron chi connectivity index (χ0n) is 26.0. The molecule has 0 unspecified atom stereocenters. The summed E-state index contributed by atoms with van der Waals surface area (Å²) in [6.45, 7) is 11.4. The van der Waals surface area contributed by atoms with Crippen molar-refractivity contribution in [3.05, 3.63) is 89.0 Å². The minimum atomic E-state index is 0.460. The number of anilines is 2. The summed E-state index contributed by atoms with van der Waals surface area (Å²) in [5.41, 5.74) is 4.53. The molecule has 0 aliphatic heterocycles. The van der Waals surface area contributed by atoms with Crippen LogP contribution >= 0.6 is 23.2 Å². The molecular weight excluding hydrogens is 621 g/mol. The normalized spacial score (nSPS) is 11.2. The maximum Gasteiger partial charge on any atom is 0.230 e. The van der Waals surface area contributed by atoms with Gasteiger partial charge in [-0.1, -0.05) is 46.6 Å². The van der Waals surface area contributed by atoms with Crippen molar-refractivity contribution in [3.63, 3.8) is 0 Å². The van der Waals surface area contributed by atoms with Crippen LogP contribution < -0.4 is 9.80 Å². The van der Waals surface area contributed by atoms with Crippen molar-refractivity contribution in [2.45, 2.75) is 27.7 Å². The molecule has 0 bridgehead atoms. The Kier molecular flexibility index (Phi) is 9.28. The molecule has 0 saturated heterocycles. The first kappa shape index (κ1) is 31.2. The number of hydrogen-bond donors (Lipinski definition) is 0. The van der Waals surface area contributed by atoms with Gasteiger partial charge in [0.1, 0.15) is 5.69 Å². The Morgan fingerprint density at radius 1 is 0.674 bits per heavy atom. The molecule has 3 aromatic heterocycles. The van der Waals surface area contributed by atoms with Crippen LogP contribution in [-0.4, -0.2) is 61.1 Å². The second-order valence-corrected chi connectivity index (χ2v) is 11.3. The van der Waals surface area contributed by atoms with E-state index < -0.39 is 0 Å². The first-order valence-corrected chi connectivity index (χ1v) is 16.0. The third-order valence-electron chi connectivity index (χ3n) is 7.64. The van der Waals surface area contributed by atoms with Crippen molar-refractivity contribution >= 4 is 35.1 Å². The topological polar surface area (TPSA) is 102 Å². The van der Waals surface area contributed by atoms with Gasteiger partial charge in [-0.3, -0.25) is 0 Å². The molecule has 0 amide bonds. The Hall–Kier alpha value is -4.80. The second-order valence-electron chi connectivity index (χ2n) is 10.4. The highest BCUT2D eigenvalue weighted by Crippen LogP contribution is 2.37. The highest BCUT2D eigenvalue weighted by atomic mass is 35.5. The standard InChI is InChI=1S/C34H33Cl2N9O/c1-5-43(6-2)33-38-31(39-34(40-33)44(7-3)8-4)28-21-45(42-41-28)27-11-9-10-24(20-27)32-37-29(22-12-16-25(35)17-13-22)30(46-32)23-14-18-26(36)19-15-23/h9-21H,5-8H2,1-4H3. The summed E-state index contributed by atoms with van der Waals surface area (Å²) in [7, 11) is 0. The van der Waals surface area contributed by atoms with E-state index in [0.29, 0.717) is 50.8 Å². The predicted octanol–water partition coefficient (Wildman–Crippen LogP) is 8.11. The van der Waals surface area contributed by atoms with Gasteiger partial charge in [0.2, 0.25) is 17.8 Å². The minimum absolute atomic E-state index is 0.460. The molecule has 0 aliphatic carbocycles. The van der Waals surface area contributed by atoms with E-state index in [0.717, 1.165) is 48.6 Å². The molecule has 234 valence electrons. The van der Waals surface area contributed by atoms with E-state index in [2.05, 4.69) is 47.8 Å². The van der Waals surface area contributed by atoms with Crippen LogP contribution in [0.15, 0.2) is 83.4 Å². The molecule has 3 aromatic carbocycles. The van der Waals surface area contributed by atoms with Crippen molar-refractivity contribution in [1.82, 2.24) is 34.9 Å². The van der Waals surface area contributed by atoms with E-state index in [9.17, 15) is 0 Å². The molecule has 0 atom stereocenters. The van der Waals surface area contributed by atoms with Crippen molar-refractivity contribution < 1.29 is 4.42 Å². The number of hydrogen-bond acceptors (Lipinski definition) is 9. The number of nitrogens with zero attached hydrogens (tertiary/aromatic N) is 9. The number of halogens is 2. The zero-order chi connectivity index (χ0) is 32.2. The molecule has 10 nitrogen and oxygen atoms in total. The smallest absolute Gasteiger partial charge is 0.230 e. The maximum atomic E-state index is 6.42. The van der Waals surface area contributed by atoms with Crippen LogP contribution in [0.3, 0.4) is 0 Å². The summed E-state index contributed by atoms with van der Waals surface area (Å²) in [6, 6.07) is 22.8. The number of aromatic nitrogens is 7. The van der Waals surface area contributed by atoms with E-state index in [1.807, 2.05) is 79.0 Å². The van der Waals surface area contributed by atoms with Crippen LogP contribution in [0.5, 0.6) is 0 Å². The Bertz CT molecular complexity index is 1840. The molecule has 0 radical (unpaired) electrons. The largest absolute Gasteiger partial charge is 0.435 e. The SMILES string of the molecule is CCN(CC)c1nc(-c2cn(-c3cccc(-c4nc(-c5ccc(Cl)cc5)c(-c5ccc(Cl)cc5)o4)c3)nn2)nc(N(CC)CC)n1. The molecule has 46 heavy (non-hydrogen) atoms. The van der Waals surface area contributed by atoms with Crippen LogP contribution in [0.2, 0.25) is 10.0 Å². The summed E-state index contributed by atoms with van der Waals surface area (Å²) < 4.78 is 8.12. The van der Waals surface area contributed by atoms with Gasteiger partial charge in [-0.2, -0.15) is 15.0 Å². The van der Waals surface area contributed by atoms with Crippen LogP contribution in [0.4, 0.5) is 11.9 Å². The third-order valence-corrected chi connectivity index (χ3v) is 8.14. The summed E-state index contributed by atoms with van der Waals surface area (Å²) >= 11 is 12.3. The highest BCUT2D eigenvalue weighted by molar-refractivity contribution is 6.31. The summed E-state index contributed by atoms with van der Waals surface area (Å²) in [6.07, 6.45) is 1.82. The molecular formula is C34H33Cl2N9O. The van der Waals surface area contributed by atoms with Crippen LogP contribution in [0.25, 0.3) is 51.2 Å². The average Bonchev–Trinajstić information content (AvgIpc) is 3.76. The van der Waals surface area contributed by atoms with Gasteiger partial charge in [0, 0.05) is 52.9 Å². The van der Waals surface area contributed by atoms with Crippen LogP contribution in [-0.2, 0) is 0 Å². The van der Waals surface area contributed by atoms with Gasteiger partial charge in [-0.05, 0) is 82.3 Å². The number of benzene rings is 3. The lowest BCUT2D eigenvalue weighted by atomic mass is 10.1. The Morgan fingerprint density at radius 3 is 1.85 bits per heavy atom. The van der Waals surface area contributed by atoms with Gasteiger partial charge in [0.05, 0.1) is 11.9 Å². The van der Waals surface area contributed by atoms with E-state index >= 15 is 0 Å². The first-order chi connectivity index (χ1) is 22.4. The summed E-state index contributed by atoms with van der Waals surface area (Å²) in [5, 5.41) is 10.2. The minimum Gasteiger partial charge on any atom is -0.435 e. The molecule has 6 aromatic rings. The van der Waals surface area contributed by atoms with Gasteiger partial charge in [0.25, 0.3) is 0 Å². The van der Waals surface area contributed by atoms with Crippen LogP contribution in [0.1, 0.15) is 27.7 Å². The van der Waals surface area contributed by atoms with Crippen molar-refractivity contribution in [1.29, 1.82) is 0 Å². The predicted molar refractivity (Wildman–Crippen MR) is 184 cm³/mol. The van der Waals surface area contributed by atoms with Gasteiger partial charge < -0.3 is 14.2 Å². The number of oxazole rings is 1. The lowest BCUT2D eigenvalue weighted by molar-refractivity contribution is 0.589. The maximum absolute atomic E-state index is 6.42. The summed E-state index contributed by atoms with van der Waals surface area (Å²) in [4.78, 5) is 23.4. The Balaban J connectivity index is 1.38. The van der Waals surface area contributed by atoms with Crippen molar-refractivity contribution in [2.24, 2.45) is 0 Å². The molecule has 6 rings (SSSR count). The van der Waals surface area contributed by atoms with Crippen molar-refractivity contribution in [2.75, 3.05) is 36.0 Å². The molecule has 0 fully saturated rings. The molecule has 0 N–H and O–H groups in total. The molecule has 0 saturated carbocycles. The average molecular weight is 655 g/mol. The summed E-state index contributed by atoms with van der Waals surface area (Å²) in [5.74, 6) is 2.79. The number of rotatable bonds is 11. The van der Waals surface area contributed by atoms with Gasteiger partial charge >= 0.3 is 0 Å².